The molecule has 0 saturated carbocycles. The highest BCUT2D eigenvalue weighted by molar-refractivity contribution is 5.73. The fraction of sp³-hybridized carbons (Fsp3) is 0.357. The zero-order valence-electron chi connectivity index (χ0n) is 10.9. The Hall–Kier alpha value is -1.97. The molecule has 0 radical (unpaired) electrons. The van der Waals surface area contributed by atoms with Crippen LogP contribution < -0.4 is 0 Å². The van der Waals surface area contributed by atoms with Crippen LogP contribution in [0.1, 0.15) is 54.5 Å². The largest absolute Gasteiger partial charge is 0.296 e. The number of benzene rings is 1. The van der Waals surface area contributed by atoms with Gasteiger partial charge in [0.15, 0.2) is 6.29 Å². The zero-order valence-corrected chi connectivity index (χ0v) is 10.9. The van der Waals surface area contributed by atoms with Crippen LogP contribution >= 0.6 is 0 Å². The van der Waals surface area contributed by atoms with E-state index in [0.717, 1.165) is 17.5 Å². The predicted molar refractivity (Wildman–Crippen MR) is 69.8 cm³/mol. The van der Waals surface area contributed by atoms with Crippen LogP contribution in [0.15, 0.2) is 30.3 Å². The van der Waals surface area contributed by atoms with E-state index in [9.17, 15) is 4.79 Å². The van der Waals surface area contributed by atoms with Crippen LogP contribution in [0.25, 0.3) is 0 Å². The Morgan fingerprint density at radius 2 is 1.83 bits per heavy atom. The quantitative estimate of drug-likeness (QED) is 0.776. The van der Waals surface area contributed by atoms with E-state index < -0.39 is 0 Å². The molecule has 0 saturated heterocycles. The highest BCUT2D eigenvalue weighted by Gasteiger charge is 2.20. The van der Waals surface area contributed by atoms with E-state index in [-0.39, 0.29) is 12.0 Å². The number of hydrogen-bond donors (Lipinski definition) is 0. The third kappa shape index (κ3) is 2.18. The maximum atomic E-state index is 11.0. The molecule has 0 bridgehead atoms. The van der Waals surface area contributed by atoms with Crippen LogP contribution in [0.5, 0.6) is 0 Å². The van der Waals surface area contributed by atoms with Crippen LogP contribution in [-0.2, 0) is 0 Å². The first-order valence-corrected chi connectivity index (χ1v) is 6.10. The van der Waals surface area contributed by atoms with E-state index in [1.807, 2.05) is 36.7 Å². The second kappa shape index (κ2) is 5.12. The third-order valence-electron chi connectivity index (χ3n) is 3.07. The van der Waals surface area contributed by atoms with Gasteiger partial charge in [-0.2, -0.15) is 0 Å². The summed E-state index contributed by atoms with van der Waals surface area (Å²) in [6.07, 6.45) is 0.774. The van der Waals surface area contributed by atoms with Gasteiger partial charge in [0.2, 0.25) is 0 Å². The van der Waals surface area contributed by atoms with Gasteiger partial charge in [-0.25, -0.2) is 4.68 Å². The molecule has 0 N–H and O–H groups in total. The molecule has 0 fully saturated rings. The standard InChI is InChI=1S/C14H17N3O/c1-10(2)14-13(9-18)15-16-17(14)11(3)12-7-5-4-6-8-12/h4-11H,1-3H3. The van der Waals surface area contributed by atoms with E-state index in [2.05, 4.69) is 29.4 Å². The molecule has 1 aromatic carbocycles. The van der Waals surface area contributed by atoms with Crippen molar-refractivity contribution in [3.8, 4) is 0 Å². The van der Waals surface area contributed by atoms with E-state index in [4.69, 9.17) is 0 Å². The molecule has 0 aliphatic rings. The average Bonchev–Trinajstić information content (AvgIpc) is 2.82. The Bertz CT molecular complexity index is 531. The fourth-order valence-electron chi connectivity index (χ4n) is 2.12. The molecule has 0 amide bonds. The molecular weight excluding hydrogens is 226 g/mol. The van der Waals surface area contributed by atoms with Gasteiger partial charge < -0.3 is 0 Å². The number of aldehydes is 1. The minimum atomic E-state index is 0.0739. The summed E-state index contributed by atoms with van der Waals surface area (Å²) < 4.78 is 1.84. The summed E-state index contributed by atoms with van der Waals surface area (Å²) in [6, 6.07) is 10.2. The van der Waals surface area contributed by atoms with Crippen LogP contribution in [0, 0.1) is 0 Å². The average molecular weight is 243 g/mol. The van der Waals surface area contributed by atoms with E-state index >= 15 is 0 Å². The molecule has 2 aromatic rings. The van der Waals surface area contributed by atoms with Crippen LogP contribution in [0.3, 0.4) is 0 Å². The predicted octanol–water partition coefficient (Wildman–Crippen LogP) is 2.82. The van der Waals surface area contributed by atoms with Crippen molar-refractivity contribution in [2.75, 3.05) is 0 Å². The molecular formula is C14H17N3O. The minimum Gasteiger partial charge on any atom is -0.296 e. The number of nitrogens with zero attached hydrogens (tertiary/aromatic N) is 3. The lowest BCUT2D eigenvalue weighted by molar-refractivity contribution is 0.111. The number of hydrogen-bond acceptors (Lipinski definition) is 3. The van der Waals surface area contributed by atoms with Crippen LogP contribution in [0.4, 0.5) is 0 Å². The van der Waals surface area contributed by atoms with Gasteiger partial charge in [0.1, 0.15) is 5.69 Å². The number of aromatic nitrogens is 3. The van der Waals surface area contributed by atoms with Gasteiger partial charge in [-0.15, -0.1) is 5.10 Å². The van der Waals surface area contributed by atoms with Crippen molar-refractivity contribution in [3.05, 3.63) is 47.3 Å². The Morgan fingerprint density at radius 3 is 2.39 bits per heavy atom. The summed E-state index contributed by atoms with van der Waals surface area (Å²) >= 11 is 0. The van der Waals surface area contributed by atoms with Gasteiger partial charge in [0.05, 0.1) is 11.7 Å². The summed E-state index contributed by atoms with van der Waals surface area (Å²) in [6.45, 7) is 6.14. The first-order valence-electron chi connectivity index (χ1n) is 6.10. The van der Waals surface area contributed by atoms with Crippen LogP contribution in [0.2, 0.25) is 0 Å². The Kier molecular flexibility index (Phi) is 3.55. The molecule has 0 spiro atoms. The van der Waals surface area contributed by atoms with E-state index in [1.54, 1.807) is 0 Å². The second-order valence-corrected chi connectivity index (χ2v) is 4.66. The second-order valence-electron chi connectivity index (χ2n) is 4.66. The van der Waals surface area contributed by atoms with Crippen molar-refractivity contribution in [1.82, 2.24) is 15.0 Å². The third-order valence-corrected chi connectivity index (χ3v) is 3.07. The zero-order chi connectivity index (χ0) is 13.1. The van der Waals surface area contributed by atoms with Gasteiger partial charge in [-0.05, 0) is 18.4 Å². The maximum absolute atomic E-state index is 11.0. The fourth-order valence-corrected chi connectivity index (χ4v) is 2.12. The molecule has 4 nitrogen and oxygen atoms in total. The maximum Gasteiger partial charge on any atom is 0.172 e. The Balaban J connectivity index is 2.45. The summed E-state index contributed by atoms with van der Waals surface area (Å²) in [5.74, 6) is 0.214. The lowest BCUT2D eigenvalue weighted by atomic mass is 10.1. The molecule has 1 unspecified atom stereocenters. The smallest absolute Gasteiger partial charge is 0.172 e. The van der Waals surface area contributed by atoms with Crippen molar-refractivity contribution < 1.29 is 4.79 Å². The highest BCUT2D eigenvalue weighted by Crippen LogP contribution is 2.24. The normalized spacial score (nSPS) is 12.7. The van der Waals surface area contributed by atoms with Crippen molar-refractivity contribution in [2.24, 2.45) is 0 Å². The van der Waals surface area contributed by atoms with Gasteiger partial charge in [-0.1, -0.05) is 49.4 Å². The van der Waals surface area contributed by atoms with Gasteiger partial charge in [0, 0.05) is 0 Å². The molecule has 1 aromatic heterocycles. The number of carbonyl (C=O) groups excluding carboxylic acids is 1. The molecule has 4 heteroatoms. The van der Waals surface area contributed by atoms with Crippen molar-refractivity contribution in [2.45, 2.75) is 32.7 Å². The first-order chi connectivity index (χ1) is 8.65. The summed E-state index contributed by atoms with van der Waals surface area (Å²) in [5, 5.41) is 8.07. The lowest BCUT2D eigenvalue weighted by Crippen LogP contribution is -2.13. The van der Waals surface area contributed by atoms with Crippen molar-refractivity contribution in [1.29, 1.82) is 0 Å². The Labute approximate surface area is 107 Å². The Morgan fingerprint density at radius 1 is 1.17 bits per heavy atom. The van der Waals surface area contributed by atoms with E-state index in [0.29, 0.717) is 5.69 Å². The van der Waals surface area contributed by atoms with Crippen molar-refractivity contribution >= 4 is 6.29 Å². The van der Waals surface area contributed by atoms with Gasteiger partial charge in [-0.3, -0.25) is 4.79 Å². The van der Waals surface area contributed by atoms with Gasteiger partial charge >= 0.3 is 0 Å². The summed E-state index contributed by atoms with van der Waals surface area (Å²) in [5.41, 5.74) is 2.48. The highest BCUT2D eigenvalue weighted by atomic mass is 16.1. The molecule has 0 aliphatic carbocycles. The minimum absolute atomic E-state index is 0.0739. The molecule has 1 atom stereocenters. The molecule has 1 heterocycles. The molecule has 18 heavy (non-hydrogen) atoms. The summed E-state index contributed by atoms with van der Waals surface area (Å²) in [7, 11) is 0. The molecule has 0 aliphatic heterocycles. The van der Waals surface area contributed by atoms with E-state index in [1.165, 1.54) is 0 Å². The lowest BCUT2D eigenvalue weighted by Gasteiger charge is -2.17. The SMILES string of the molecule is CC(C)c1c(C=O)nnn1C(C)c1ccccc1. The number of rotatable bonds is 4. The first kappa shape index (κ1) is 12.5. The molecule has 94 valence electrons. The van der Waals surface area contributed by atoms with Crippen molar-refractivity contribution in [3.63, 3.8) is 0 Å². The summed E-state index contributed by atoms with van der Waals surface area (Å²) in [4.78, 5) is 11.0. The molecule has 2 rings (SSSR count). The topological polar surface area (TPSA) is 47.8 Å². The number of carbonyl (C=O) groups is 1. The van der Waals surface area contributed by atoms with Gasteiger partial charge in [0.25, 0.3) is 0 Å². The van der Waals surface area contributed by atoms with Crippen LogP contribution in [-0.4, -0.2) is 21.3 Å². The monoisotopic (exact) mass is 243 g/mol.